The van der Waals surface area contributed by atoms with Crippen LogP contribution in [0.1, 0.15) is 29.8 Å². The largest absolute Gasteiger partial charge is 0.491 e. The minimum atomic E-state index is -0.920. The molecule has 1 aromatic carbocycles. The van der Waals surface area contributed by atoms with Gasteiger partial charge in [0, 0.05) is 0 Å². The molecule has 0 amide bonds. The first-order chi connectivity index (χ1) is 6.50. The molecule has 0 aliphatic rings. The van der Waals surface area contributed by atoms with Crippen molar-refractivity contribution >= 4 is 5.97 Å². The van der Waals surface area contributed by atoms with Crippen LogP contribution in [0, 0.1) is 6.92 Å². The molecule has 1 rings (SSSR count). The highest BCUT2D eigenvalue weighted by Crippen LogP contribution is 2.18. The highest BCUT2D eigenvalue weighted by Gasteiger charge is 2.08. The van der Waals surface area contributed by atoms with Crippen LogP contribution in [0.5, 0.6) is 5.75 Å². The van der Waals surface area contributed by atoms with Crippen molar-refractivity contribution in [3.8, 4) is 5.75 Å². The van der Waals surface area contributed by atoms with E-state index >= 15 is 0 Å². The van der Waals surface area contributed by atoms with Crippen molar-refractivity contribution in [2.75, 3.05) is 0 Å². The lowest BCUT2D eigenvalue weighted by Gasteiger charge is -2.10. The van der Waals surface area contributed by atoms with E-state index in [0.717, 1.165) is 5.56 Å². The van der Waals surface area contributed by atoms with Crippen LogP contribution < -0.4 is 4.74 Å². The van der Waals surface area contributed by atoms with Crippen LogP contribution in [0.15, 0.2) is 18.2 Å². The van der Waals surface area contributed by atoms with Gasteiger partial charge in [-0.15, -0.1) is 0 Å². The fourth-order valence-electron chi connectivity index (χ4n) is 1.18. The van der Waals surface area contributed by atoms with E-state index < -0.39 is 5.97 Å². The number of benzene rings is 1. The van der Waals surface area contributed by atoms with Crippen molar-refractivity contribution in [2.24, 2.45) is 0 Å². The molecule has 3 nitrogen and oxygen atoms in total. The molecule has 0 aliphatic carbocycles. The number of carboxylic acid groups (broad SMARTS) is 1. The summed E-state index contributed by atoms with van der Waals surface area (Å²) in [6.45, 7) is 5.57. The lowest BCUT2D eigenvalue weighted by molar-refractivity contribution is 0.0695. The van der Waals surface area contributed by atoms with Crippen LogP contribution in [0.3, 0.4) is 0 Å². The Hall–Kier alpha value is -1.51. The summed E-state index contributed by atoms with van der Waals surface area (Å²) in [6.07, 6.45) is 0.0550. The fraction of sp³-hybridized carbons (Fsp3) is 0.364. The van der Waals surface area contributed by atoms with Crippen molar-refractivity contribution in [3.63, 3.8) is 0 Å². The third-order valence-electron chi connectivity index (χ3n) is 1.81. The van der Waals surface area contributed by atoms with E-state index in [4.69, 9.17) is 9.84 Å². The van der Waals surface area contributed by atoms with Crippen LogP contribution in [0.2, 0.25) is 0 Å². The first kappa shape index (κ1) is 10.6. The van der Waals surface area contributed by atoms with Crippen molar-refractivity contribution in [2.45, 2.75) is 26.9 Å². The van der Waals surface area contributed by atoms with Gasteiger partial charge < -0.3 is 9.84 Å². The van der Waals surface area contributed by atoms with Crippen molar-refractivity contribution in [1.29, 1.82) is 0 Å². The van der Waals surface area contributed by atoms with Crippen LogP contribution in [-0.4, -0.2) is 17.2 Å². The maximum absolute atomic E-state index is 10.8. The molecule has 0 aliphatic heterocycles. The van der Waals surface area contributed by atoms with E-state index in [1.165, 1.54) is 0 Å². The maximum Gasteiger partial charge on any atom is 0.336 e. The van der Waals surface area contributed by atoms with Crippen LogP contribution in [0.25, 0.3) is 0 Å². The van der Waals surface area contributed by atoms with Gasteiger partial charge in [-0.05, 0) is 38.5 Å². The van der Waals surface area contributed by atoms with Gasteiger partial charge >= 0.3 is 5.97 Å². The van der Waals surface area contributed by atoms with Crippen LogP contribution >= 0.6 is 0 Å². The van der Waals surface area contributed by atoms with E-state index in [1.807, 2.05) is 13.8 Å². The van der Waals surface area contributed by atoms with E-state index in [1.54, 1.807) is 25.1 Å². The summed E-state index contributed by atoms with van der Waals surface area (Å²) < 4.78 is 5.40. The van der Waals surface area contributed by atoms with Gasteiger partial charge in [0.15, 0.2) is 0 Å². The molecular weight excluding hydrogens is 180 g/mol. The molecule has 0 unspecified atom stereocenters. The Morgan fingerprint density at radius 3 is 2.57 bits per heavy atom. The summed E-state index contributed by atoms with van der Waals surface area (Å²) >= 11 is 0. The highest BCUT2D eigenvalue weighted by molar-refractivity contribution is 5.89. The number of aromatic carboxylic acids is 1. The zero-order chi connectivity index (χ0) is 10.7. The van der Waals surface area contributed by atoms with E-state index in [2.05, 4.69) is 0 Å². The molecule has 0 saturated heterocycles. The first-order valence-electron chi connectivity index (χ1n) is 4.51. The predicted molar refractivity (Wildman–Crippen MR) is 53.9 cm³/mol. The van der Waals surface area contributed by atoms with Gasteiger partial charge in [-0.3, -0.25) is 0 Å². The molecule has 0 fully saturated rings. The summed E-state index contributed by atoms with van der Waals surface area (Å²) in [5.41, 5.74) is 1.04. The quantitative estimate of drug-likeness (QED) is 0.804. The molecule has 0 aromatic heterocycles. The number of carboxylic acids is 1. The molecule has 0 radical (unpaired) electrons. The number of rotatable bonds is 3. The minimum absolute atomic E-state index is 0.0550. The lowest BCUT2D eigenvalue weighted by atomic mass is 10.1. The molecular formula is C11H14O3. The molecule has 0 bridgehead atoms. The SMILES string of the molecule is Cc1ccc(OC(C)C)cc1C(=O)O. The molecule has 0 atom stereocenters. The molecule has 0 saturated carbocycles. The molecule has 1 N–H and O–H groups in total. The smallest absolute Gasteiger partial charge is 0.336 e. The number of ether oxygens (including phenoxy) is 1. The minimum Gasteiger partial charge on any atom is -0.491 e. The fourth-order valence-corrected chi connectivity index (χ4v) is 1.18. The molecule has 14 heavy (non-hydrogen) atoms. The maximum atomic E-state index is 10.8. The third kappa shape index (κ3) is 2.49. The second kappa shape index (κ2) is 4.13. The van der Waals surface area contributed by atoms with Crippen molar-refractivity contribution in [1.82, 2.24) is 0 Å². The first-order valence-corrected chi connectivity index (χ1v) is 4.51. The normalized spacial score (nSPS) is 10.3. The second-order valence-corrected chi connectivity index (χ2v) is 3.45. The summed E-state index contributed by atoms with van der Waals surface area (Å²) in [6, 6.07) is 5.08. The Kier molecular flexibility index (Phi) is 3.12. The lowest BCUT2D eigenvalue weighted by Crippen LogP contribution is -2.07. The van der Waals surface area contributed by atoms with Gasteiger partial charge in [-0.2, -0.15) is 0 Å². The molecule has 76 valence electrons. The van der Waals surface area contributed by atoms with Crippen molar-refractivity contribution in [3.05, 3.63) is 29.3 Å². The summed E-state index contributed by atoms with van der Waals surface area (Å²) in [7, 11) is 0. The second-order valence-electron chi connectivity index (χ2n) is 3.45. The molecule has 0 spiro atoms. The Morgan fingerprint density at radius 1 is 1.43 bits per heavy atom. The van der Waals surface area contributed by atoms with Gasteiger partial charge in [0.25, 0.3) is 0 Å². The summed E-state index contributed by atoms with van der Waals surface area (Å²) in [5, 5.41) is 8.87. The van der Waals surface area contributed by atoms with Gasteiger partial charge in [-0.25, -0.2) is 4.79 Å². The Labute approximate surface area is 83.3 Å². The van der Waals surface area contributed by atoms with Gasteiger partial charge in [-0.1, -0.05) is 6.07 Å². The summed E-state index contributed by atoms with van der Waals surface area (Å²) in [5.74, 6) is -0.320. The van der Waals surface area contributed by atoms with Gasteiger partial charge in [0.2, 0.25) is 0 Å². The third-order valence-corrected chi connectivity index (χ3v) is 1.81. The number of carbonyl (C=O) groups is 1. The van der Waals surface area contributed by atoms with E-state index in [0.29, 0.717) is 11.3 Å². The number of hydrogen-bond donors (Lipinski definition) is 1. The molecule has 1 aromatic rings. The summed E-state index contributed by atoms with van der Waals surface area (Å²) in [4.78, 5) is 10.8. The zero-order valence-corrected chi connectivity index (χ0v) is 8.57. The number of hydrogen-bond acceptors (Lipinski definition) is 2. The van der Waals surface area contributed by atoms with Crippen LogP contribution in [-0.2, 0) is 0 Å². The Morgan fingerprint density at radius 2 is 2.07 bits per heavy atom. The average molecular weight is 194 g/mol. The van der Waals surface area contributed by atoms with Crippen LogP contribution in [0.4, 0.5) is 0 Å². The average Bonchev–Trinajstić information content (AvgIpc) is 2.07. The molecule has 3 heteroatoms. The van der Waals surface area contributed by atoms with E-state index in [-0.39, 0.29) is 6.10 Å². The highest BCUT2D eigenvalue weighted by atomic mass is 16.5. The Bertz CT molecular complexity index is 342. The number of aryl methyl sites for hydroxylation is 1. The van der Waals surface area contributed by atoms with Gasteiger partial charge in [0.05, 0.1) is 11.7 Å². The zero-order valence-electron chi connectivity index (χ0n) is 8.57. The standard InChI is InChI=1S/C11H14O3/c1-7(2)14-9-5-4-8(3)10(6-9)11(12)13/h4-7H,1-3H3,(H,12,13). The predicted octanol–water partition coefficient (Wildman–Crippen LogP) is 2.48. The topological polar surface area (TPSA) is 46.5 Å². The van der Waals surface area contributed by atoms with E-state index in [9.17, 15) is 4.79 Å². The monoisotopic (exact) mass is 194 g/mol. The Balaban J connectivity index is 3.00. The van der Waals surface area contributed by atoms with Crippen molar-refractivity contribution < 1.29 is 14.6 Å². The van der Waals surface area contributed by atoms with Gasteiger partial charge in [0.1, 0.15) is 5.75 Å². The molecule has 0 heterocycles.